The van der Waals surface area contributed by atoms with E-state index in [4.69, 9.17) is 9.47 Å². The van der Waals surface area contributed by atoms with Crippen LogP contribution in [0.3, 0.4) is 0 Å². The Labute approximate surface area is 240 Å². The van der Waals surface area contributed by atoms with Gasteiger partial charge in [0.15, 0.2) is 11.6 Å². The number of hydrogen-bond donors (Lipinski definition) is 0. The second kappa shape index (κ2) is 14.1. The maximum Gasteiger partial charge on any atom is 0.201 e. The third-order valence-corrected chi connectivity index (χ3v) is 10.2. The zero-order valence-corrected chi connectivity index (χ0v) is 24.4. The van der Waals surface area contributed by atoms with Crippen LogP contribution in [-0.4, -0.2) is 19.3 Å². The van der Waals surface area contributed by atoms with Gasteiger partial charge in [-0.1, -0.05) is 37.3 Å². The number of rotatable bonds is 10. The van der Waals surface area contributed by atoms with E-state index in [1.807, 2.05) is 25.1 Å². The van der Waals surface area contributed by atoms with Gasteiger partial charge in [0.1, 0.15) is 0 Å². The smallest absolute Gasteiger partial charge is 0.201 e. The number of hydrogen-bond acceptors (Lipinski definition) is 2. The van der Waals surface area contributed by atoms with Crippen molar-refractivity contribution in [2.24, 2.45) is 23.7 Å². The van der Waals surface area contributed by atoms with Gasteiger partial charge < -0.3 is 9.47 Å². The van der Waals surface area contributed by atoms with E-state index >= 15 is 0 Å². The lowest BCUT2D eigenvalue weighted by molar-refractivity contribution is -0.0614. The fourth-order valence-electron chi connectivity index (χ4n) is 7.70. The predicted octanol–water partition coefficient (Wildman–Crippen LogP) is 10.3. The first-order valence-electron chi connectivity index (χ1n) is 16.0. The molecule has 0 aromatic heterocycles. The summed E-state index contributed by atoms with van der Waals surface area (Å²) < 4.78 is 41.0. The first-order valence-corrected chi connectivity index (χ1v) is 16.0. The fraction of sp³-hybridized carbons (Fsp3) is 0.611. The molecule has 0 N–H and O–H groups in total. The van der Waals surface area contributed by atoms with E-state index in [0.29, 0.717) is 29.8 Å². The summed E-state index contributed by atoms with van der Waals surface area (Å²) in [5, 5.41) is 0. The minimum absolute atomic E-state index is 0.0136. The third kappa shape index (κ3) is 6.98. The molecule has 40 heavy (non-hydrogen) atoms. The molecule has 3 fully saturated rings. The zero-order chi connectivity index (χ0) is 27.9. The van der Waals surface area contributed by atoms with Crippen molar-refractivity contribution in [3.63, 3.8) is 0 Å². The van der Waals surface area contributed by atoms with Gasteiger partial charge >= 0.3 is 0 Å². The van der Waals surface area contributed by atoms with E-state index in [1.54, 1.807) is 6.07 Å². The van der Waals surface area contributed by atoms with Crippen molar-refractivity contribution < 1.29 is 18.3 Å². The van der Waals surface area contributed by atoms with Gasteiger partial charge in [0, 0.05) is 12.2 Å². The van der Waals surface area contributed by atoms with E-state index in [9.17, 15) is 8.78 Å². The molecule has 2 aliphatic carbocycles. The summed E-state index contributed by atoms with van der Waals surface area (Å²) in [6.45, 7) is 7.13. The van der Waals surface area contributed by atoms with Crippen LogP contribution in [0.1, 0.15) is 102 Å². The van der Waals surface area contributed by atoms with E-state index in [-0.39, 0.29) is 5.75 Å². The van der Waals surface area contributed by atoms with Crippen molar-refractivity contribution in [1.29, 1.82) is 0 Å². The normalized spacial score (nSPS) is 29.2. The van der Waals surface area contributed by atoms with Gasteiger partial charge in [-0.3, -0.25) is 0 Å². The summed E-state index contributed by atoms with van der Waals surface area (Å²) in [5.74, 6) is 2.06. The van der Waals surface area contributed by atoms with Crippen LogP contribution in [0.5, 0.6) is 5.75 Å². The topological polar surface area (TPSA) is 18.5 Å². The Morgan fingerprint density at radius 3 is 2.12 bits per heavy atom. The van der Waals surface area contributed by atoms with Crippen molar-refractivity contribution >= 4 is 0 Å². The molecular formula is C36H48F2O2. The van der Waals surface area contributed by atoms with Crippen LogP contribution >= 0.6 is 0 Å². The SMILES string of the molecule is C=CCCC1CCC(C2CCC(C3CCC(c4ccc(-c5ccc(OCCC)c(F)c5F)cc4)CC3)CC2)OC1. The van der Waals surface area contributed by atoms with E-state index in [0.717, 1.165) is 43.1 Å². The Kier molecular flexibility index (Phi) is 10.3. The van der Waals surface area contributed by atoms with Crippen LogP contribution in [0, 0.1) is 35.3 Å². The Morgan fingerprint density at radius 2 is 1.50 bits per heavy atom. The van der Waals surface area contributed by atoms with Crippen molar-refractivity contribution in [3.05, 3.63) is 66.3 Å². The molecule has 1 heterocycles. The fourth-order valence-corrected chi connectivity index (χ4v) is 7.70. The summed E-state index contributed by atoms with van der Waals surface area (Å²) in [7, 11) is 0. The maximum atomic E-state index is 14.8. The van der Waals surface area contributed by atoms with Gasteiger partial charge in [0.05, 0.1) is 12.7 Å². The van der Waals surface area contributed by atoms with Gasteiger partial charge in [-0.2, -0.15) is 4.39 Å². The van der Waals surface area contributed by atoms with Crippen molar-refractivity contribution in [2.75, 3.05) is 13.2 Å². The molecule has 0 amide bonds. The molecule has 0 bridgehead atoms. The molecule has 218 valence electrons. The van der Waals surface area contributed by atoms with Gasteiger partial charge in [0.25, 0.3) is 0 Å². The standard InChI is InChI=1S/C36H48F2O2/c1-3-5-6-25-7-21-33(40-24-25)31-18-14-29(15-19-31)27-10-8-26(9-11-27)28-12-16-30(17-13-28)32-20-22-34(39-23-4-2)36(38)35(32)37/h3,12-13,16-17,20,22,25-27,29,31,33H,1,4-11,14-15,18-19,21,23-24H2,2H3. The summed E-state index contributed by atoms with van der Waals surface area (Å²) in [6, 6.07) is 11.3. The first kappa shape index (κ1) is 29.3. The van der Waals surface area contributed by atoms with Crippen LogP contribution in [0.2, 0.25) is 0 Å². The minimum Gasteiger partial charge on any atom is -0.490 e. The van der Waals surface area contributed by atoms with E-state index < -0.39 is 11.6 Å². The lowest BCUT2D eigenvalue weighted by Gasteiger charge is -2.41. The molecule has 1 aliphatic heterocycles. The van der Waals surface area contributed by atoms with Gasteiger partial charge in [-0.05, 0) is 136 Å². The first-order chi connectivity index (χ1) is 19.6. The maximum absolute atomic E-state index is 14.8. The quantitative estimate of drug-likeness (QED) is 0.274. The van der Waals surface area contributed by atoms with Crippen LogP contribution in [-0.2, 0) is 4.74 Å². The summed E-state index contributed by atoms with van der Waals surface area (Å²) >= 11 is 0. The molecule has 2 aromatic rings. The summed E-state index contributed by atoms with van der Waals surface area (Å²) in [5.41, 5.74) is 2.33. The third-order valence-electron chi connectivity index (χ3n) is 10.2. The molecule has 0 spiro atoms. The van der Waals surface area contributed by atoms with E-state index in [2.05, 4.69) is 18.7 Å². The molecule has 2 unspecified atom stereocenters. The van der Waals surface area contributed by atoms with Crippen molar-refractivity contribution in [2.45, 2.75) is 102 Å². The molecule has 1 saturated heterocycles. The molecule has 2 atom stereocenters. The average Bonchev–Trinajstić information content (AvgIpc) is 3.01. The van der Waals surface area contributed by atoms with Crippen molar-refractivity contribution in [1.82, 2.24) is 0 Å². The largest absolute Gasteiger partial charge is 0.490 e. The number of ether oxygens (including phenoxy) is 2. The number of halogens is 2. The molecular weight excluding hydrogens is 502 g/mol. The Bertz CT molecular complexity index is 1070. The number of benzene rings is 2. The van der Waals surface area contributed by atoms with Gasteiger partial charge in [-0.15, -0.1) is 6.58 Å². The minimum atomic E-state index is -0.901. The lowest BCUT2D eigenvalue weighted by atomic mass is 9.67. The predicted molar refractivity (Wildman–Crippen MR) is 160 cm³/mol. The molecule has 2 aromatic carbocycles. The molecule has 4 heteroatoms. The second-order valence-electron chi connectivity index (χ2n) is 12.7. The van der Waals surface area contributed by atoms with Crippen LogP contribution in [0.25, 0.3) is 11.1 Å². The highest BCUT2D eigenvalue weighted by Crippen LogP contribution is 2.45. The highest BCUT2D eigenvalue weighted by Gasteiger charge is 2.35. The summed E-state index contributed by atoms with van der Waals surface area (Å²) in [4.78, 5) is 0. The monoisotopic (exact) mass is 550 g/mol. The zero-order valence-electron chi connectivity index (χ0n) is 24.4. The molecule has 3 aliphatic rings. The Balaban J connectivity index is 1.08. The highest BCUT2D eigenvalue weighted by atomic mass is 19.2. The van der Waals surface area contributed by atoms with Gasteiger partial charge in [-0.25, -0.2) is 4.39 Å². The van der Waals surface area contributed by atoms with E-state index in [1.165, 1.54) is 82.3 Å². The number of allylic oxidation sites excluding steroid dienone is 1. The molecule has 2 nitrogen and oxygen atoms in total. The van der Waals surface area contributed by atoms with Crippen LogP contribution < -0.4 is 4.74 Å². The Hall–Kier alpha value is -2.20. The van der Waals surface area contributed by atoms with Crippen LogP contribution in [0.15, 0.2) is 49.1 Å². The summed E-state index contributed by atoms with van der Waals surface area (Å²) in [6.07, 6.45) is 18.7. The Morgan fingerprint density at radius 1 is 0.825 bits per heavy atom. The molecule has 2 saturated carbocycles. The van der Waals surface area contributed by atoms with Crippen molar-refractivity contribution in [3.8, 4) is 16.9 Å². The highest BCUT2D eigenvalue weighted by molar-refractivity contribution is 5.65. The molecule has 0 radical (unpaired) electrons. The van der Waals surface area contributed by atoms with Crippen LogP contribution in [0.4, 0.5) is 8.78 Å². The lowest BCUT2D eigenvalue weighted by Crippen LogP contribution is -2.35. The average molecular weight is 551 g/mol. The van der Waals surface area contributed by atoms with Gasteiger partial charge in [0.2, 0.25) is 5.82 Å². The second-order valence-corrected chi connectivity index (χ2v) is 12.7. The molecule has 5 rings (SSSR count).